The van der Waals surface area contributed by atoms with E-state index in [1.54, 1.807) is 0 Å². The van der Waals surface area contributed by atoms with Gasteiger partial charge in [-0.3, -0.25) is 0 Å². The first-order valence-corrected chi connectivity index (χ1v) is 6.70. The van der Waals surface area contributed by atoms with Crippen molar-refractivity contribution >= 4 is 23.1 Å². The zero-order chi connectivity index (χ0) is 13.2. The van der Waals surface area contributed by atoms with E-state index in [1.165, 1.54) is 5.56 Å². The zero-order valence-corrected chi connectivity index (χ0v) is 11.5. The van der Waals surface area contributed by atoms with Gasteiger partial charge in [0.2, 0.25) is 5.28 Å². The van der Waals surface area contributed by atoms with Crippen molar-refractivity contribution < 1.29 is 0 Å². The van der Waals surface area contributed by atoms with Crippen LogP contribution < -0.4 is 10.6 Å². The van der Waals surface area contributed by atoms with Crippen molar-refractivity contribution in [1.82, 2.24) is 15.3 Å². The highest BCUT2D eigenvalue weighted by Gasteiger charge is 2.17. The lowest BCUT2D eigenvalue weighted by Gasteiger charge is -2.19. The maximum Gasteiger partial charge on any atom is 0.224 e. The number of benzene rings is 1. The minimum absolute atomic E-state index is 0.289. The number of halogens is 1. The van der Waals surface area contributed by atoms with Gasteiger partial charge < -0.3 is 10.6 Å². The normalized spacial score (nSPS) is 14.0. The molecule has 0 aliphatic carbocycles. The summed E-state index contributed by atoms with van der Waals surface area (Å²) < 4.78 is 0. The quantitative estimate of drug-likeness (QED) is 0.827. The molecule has 2 heterocycles. The number of hydrogen-bond donors (Lipinski definition) is 2. The summed E-state index contributed by atoms with van der Waals surface area (Å²) in [6, 6.07) is 8.22. The second-order valence-corrected chi connectivity index (χ2v) is 5.02. The van der Waals surface area contributed by atoms with Crippen LogP contribution in [0.3, 0.4) is 0 Å². The molecule has 3 rings (SSSR count). The topological polar surface area (TPSA) is 49.8 Å². The predicted octanol–water partition coefficient (Wildman–Crippen LogP) is 2.83. The Bertz CT molecular complexity index is 595. The molecule has 0 spiro atoms. The molecule has 0 amide bonds. The molecular weight excluding hydrogens is 260 g/mol. The van der Waals surface area contributed by atoms with Crippen LogP contribution in [-0.4, -0.2) is 16.5 Å². The molecular formula is C14H15ClN4. The summed E-state index contributed by atoms with van der Waals surface area (Å²) in [7, 11) is 0. The molecule has 98 valence electrons. The Morgan fingerprint density at radius 3 is 2.79 bits per heavy atom. The van der Waals surface area contributed by atoms with Gasteiger partial charge in [-0.25, -0.2) is 9.97 Å². The monoisotopic (exact) mass is 274 g/mol. The summed E-state index contributed by atoms with van der Waals surface area (Å²) in [5, 5.41) is 6.92. The van der Waals surface area contributed by atoms with E-state index in [4.69, 9.17) is 11.6 Å². The highest BCUT2D eigenvalue weighted by atomic mass is 35.5. The zero-order valence-electron chi connectivity index (χ0n) is 10.7. The number of aromatic nitrogens is 2. The number of aryl methyl sites for hydroxylation is 1. The van der Waals surface area contributed by atoms with Gasteiger partial charge in [-0.05, 0) is 43.6 Å². The molecule has 1 aliphatic rings. The van der Waals surface area contributed by atoms with E-state index in [9.17, 15) is 0 Å². The summed E-state index contributed by atoms with van der Waals surface area (Å²) in [5.41, 5.74) is 4.39. The Kier molecular flexibility index (Phi) is 3.36. The molecule has 1 aromatic carbocycles. The first-order valence-electron chi connectivity index (χ1n) is 6.32. The Labute approximate surface area is 117 Å². The van der Waals surface area contributed by atoms with Gasteiger partial charge in [0.1, 0.15) is 5.82 Å². The van der Waals surface area contributed by atoms with Crippen LogP contribution >= 0.6 is 11.6 Å². The summed E-state index contributed by atoms with van der Waals surface area (Å²) >= 11 is 5.98. The molecule has 2 N–H and O–H groups in total. The van der Waals surface area contributed by atoms with E-state index in [2.05, 4.69) is 39.7 Å². The lowest BCUT2D eigenvalue weighted by atomic mass is 10.1. The van der Waals surface area contributed by atoms with Crippen molar-refractivity contribution in [2.24, 2.45) is 0 Å². The van der Waals surface area contributed by atoms with Crippen LogP contribution in [0.15, 0.2) is 24.3 Å². The molecule has 5 heteroatoms. The molecule has 0 unspecified atom stereocenters. The minimum atomic E-state index is 0.289. The van der Waals surface area contributed by atoms with Crippen LogP contribution in [0.5, 0.6) is 0 Å². The van der Waals surface area contributed by atoms with Gasteiger partial charge in [-0.1, -0.05) is 17.7 Å². The first-order chi connectivity index (χ1) is 9.22. The van der Waals surface area contributed by atoms with Crippen LogP contribution in [0.4, 0.5) is 11.5 Å². The molecule has 0 fully saturated rings. The minimum Gasteiger partial charge on any atom is -0.340 e. The highest BCUT2D eigenvalue weighted by Crippen LogP contribution is 2.25. The number of fused-ring (bicyclic) bond motifs is 1. The van der Waals surface area contributed by atoms with Crippen LogP contribution in [-0.2, 0) is 13.0 Å². The van der Waals surface area contributed by atoms with Gasteiger partial charge in [-0.15, -0.1) is 0 Å². The molecule has 19 heavy (non-hydrogen) atoms. The molecule has 1 aromatic heterocycles. The fourth-order valence-corrected chi connectivity index (χ4v) is 2.39. The average Bonchev–Trinajstić information content (AvgIpc) is 2.41. The van der Waals surface area contributed by atoms with Crippen molar-refractivity contribution in [2.45, 2.75) is 19.9 Å². The number of hydrogen-bond acceptors (Lipinski definition) is 4. The maximum absolute atomic E-state index is 5.98. The van der Waals surface area contributed by atoms with Crippen molar-refractivity contribution in [3.05, 3.63) is 46.4 Å². The molecule has 0 radical (unpaired) electrons. The lowest BCUT2D eigenvalue weighted by molar-refractivity contribution is 0.625. The summed E-state index contributed by atoms with van der Waals surface area (Å²) in [6.45, 7) is 3.76. The van der Waals surface area contributed by atoms with Gasteiger partial charge in [0, 0.05) is 17.8 Å². The third kappa shape index (κ3) is 2.69. The third-order valence-corrected chi connectivity index (χ3v) is 3.39. The molecule has 0 saturated heterocycles. The second kappa shape index (κ2) is 5.15. The SMILES string of the molecule is Cc1ccc(Nc2nc(Cl)nc3c2CCNC3)cc1. The van der Waals surface area contributed by atoms with Crippen molar-refractivity contribution in [1.29, 1.82) is 0 Å². The molecule has 1 aliphatic heterocycles. The summed E-state index contributed by atoms with van der Waals surface area (Å²) in [6.07, 6.45) is 0.917. The maximum atomic E-state index is 5.98. The molecule has 0 bridgehead atoms. The van der Waals surface area contributed by atoms with E-state index < -0.39 is 0 Å². The molecule has 0 saturated carbocycles. The Morgan fingerprint density at radius 2 is 2.00 bits per heavy atom. The van der Waals surface area contributed by atoms with E-state index in [0.717, 1.165) is 42.3 Å². The number of anilines is 2. The van der Waals surface area contributed by atoms with Gasteiger partial charge in [0.05, 0.1) is 5.69 Å². The fraction of sp³-hybridized carbons (Fsp3) is 0.286. The predicted molar refractivity (Wildman–Crippen MR) is 76.9 cm³/mol. The van der Waals surface area contributed by atoms with E-state index in [0.29, 0.717) is 0 Å². The van der Waals surface area contributed by atoms with Gasteiger partial charge in [-0.2, -0.15) is 0 Å². The van der Waals surface area contributed by atoms with Crippen LogP contribution in [0.2, 0.25) is 5.28 Å². The first kappa shape index (κ1) is 12.4. The standard InChI is InChI=1S/C14H15ClN4/c1-9-2-4-10(5-3-9)17-13-11-6-7-16-8-12(11)18-14(15)19-13/h2-5,16H,6-8H2,1H3,(H,17,18,19). The van der Waals surface area contributed by atoms with Crippen LogP contribution in [0, 0.1) is 6.92 Å². The number of nitrogens with one attached hydrogen (secondary N) is 2. The van der Waals surface area contributed by atoms with Crippen molar-refractivity contribution in [3.8, 4) is 0 Å². The summed E-state index contributed by atoms with van der Waals surface area (Å²) in [4.78, 5) is 8.60. The van der Waals surface area contributed by atoms with Crippen LogP contribution in [0.25, 0.3) is 0 Å². The second-order valence-electron chi connectivity index (χ2n) is 4.68. The lowest BCUT2D eigenvalue weighted by Crippen LogP contribution is -2.26. The van der Waals surface area contributed by atoms with E-state index in [-0.39, 0.29) is 5.28 Å². The van der Waals surface area contributed by atoms with Gasteiger partial charge in [0.15, 0.2) is 0 Å². The van der Waals surface area contributed by atoms with Crippen molar-refractivity contribution in [3.63, 3.8) is 0 Å². The number of rotatable bonds is 2. The molecule has 4 nitrogen and oxygen atoms in total. The third-order valence-electron chi connectivity index (χ3n) is 3.22. The number of nitrogens with zero attached hydrogens (tertiary/aromatic N) is 2. The van der Waals surface area contributed by atoms with Crippen molar-refractivity contribution in [2.75, 3.05) is 11.9 Å². The molecule has 0 atom stereocenters. The van der Waals surface area contributed by atoms with Gasteiger partial charge >= 0.3 is 0 Å². The van der Waals surface area contributed by atoms with E-state index >= 15 is 0 Å². The van der Waals surface area contributed by atoms with Gasteiger partial charge in [0.25, 0.3) is 0 Å². The largest absolute Gasteiger partial charge is 0.340 e. The average molecular weight is 275 g/mol. The fourth-order valence-electron chi connectivity index (χ4n) is 2.21. The van der Waals surface area contributed by atoms with E-state index in [1.807, 2.05) is 12.1 Å². The smallest absolute Gasteiger partial charge is 0.224 e. The Hall–Kier alpha value is -1.65. The van der Waals surface area contributed by atoms with Crippen LogP contribution in [0.1, 0.15) is 16.8 Å². The highest BCUT2D eigenvalue weighted by molar-refractivity contribution is 6.28. The Morgan fingerprint density at radius 1 is 1.21 bits per heavy atom. The molecule has 2 aromatic rings. The summed E-state index contributed by atoms with van der Waals surface area (Å²) in [5.74, 6) is 0.820. The Balaban J connectivity index is 1.95.